The number of methoxy groups -OCH3 is 1. The summed E-state index contributed by atoms with van der Waals surface area (Å²) in [7, 11) is 1.62. The first-order chi connectivity index (χ1) is 8.04. The number of nitrogens with one attached hydrogen (secondary N) is 1. The molecule has 6 nitrogen and oxygen atoms in total. The van der Waals surface area contributed by atoms with Crippen molar-refractivity contribution in [3.8, 4) is 0 Å². The Morgan fingerprint density at radius 1 is 1.76 bits per heavy atom. The van der Waals surface area contributed by atoms with Crippen LogP contribution in [0.25, 0.3) is 0 Å². The second-order valence-electron chi connectivity index (χ2n) is 3.60. The molecule has 1 aromatic heterocycles. The number of hydrogen-bond acceptors (Lipinski definition) is 4. The van der Waals surface area contributed by atoms with Crippen molar-refractivity contribution >= 4 is 28.8 Å². The van der Waals surface area contributed by atoms with Gasteiger partial charge in [0.15, 0.2) is 0 Å². The summed E-state index contributed by atoms with van der Waals surface area (Å²) in [4.78, 5) is 11.8. The van der Waals surface area contributed by atoms with E-state index in [1.165, 1.54) is 0 Å². The van der Waals surface area contributed by atoms with Crippen molar-refractivity contribution < 1.29 is 9.53 Å². The zero-order chi connectivity index (χ0) is 12.8. The molecule has 0 aliphatic rings. The van der Waals surface area contributed by atoms with Gasteiger partial charge in [0.25, 0.3) is 0 Å². The fourth-order valence-electron chi connectivity index (χ4n) is 1.11. The average molecular weight is 256 g/mol. The molecule has 0 aliphatic heterocycles. The lowest BCUT2D eigenvalue weighted by Crippen LogP contribution is -2.30. The van der Waals surface area contributed by atoms with E-state index in [4.69, 9.17) is 22.7 Å². The van der Waals surface area contributed by atoms with Crippen molar-refractivity contribution in [2.45, 2.75) is 13.5 Å². The summed E-state index contributed by atoms with van der Waals surface area (Å²) in [5, 5.41) is 6.76. The molecule has 1 unspecified atom stereocenters. The fraction of sp³-hybridized carbons (Fsp3) is 0.500. The number of nitrogens with zero attached hydrogens (tertiary/aromatic N) is 2. The minimum atomic E-state index is -0.493. The minimum absolute atomic E-state index is 0.175. The summed E-state index contributed by atoms with van der Waals surface area (Å²) >= 11 is 4.75. The largest absolute Gasteiger partial charge is 0.393 e. The van der Waals surface area contributed by atoms with Crippen LogP contribution >= 0.6 is 12.2 Å². The van der Waals surface area contributed by atoms with Gasteiger partial charge in [-0.1, -0.05) is 12.2 Å². The number of carbonyl (C=O) groups is 1. The normalized spacial score (nSPS) is 12.1. The lowest BCUT2D eigenvalue weighted by atomic mass is 10.1. The Morgan fingerprint density at radius 3 is 3.06 bits per heavy atom. The highest BCUT2D eigenvalue weighted by Crippen LogP contribution is 2.07. The predicted octanol–water partition coefficient (Wildman–Crippen LogP) is 0.390. The maximum absolute atomic E-state index is 11.6. The minimum Gasteiger partial charge on any atom is -0.393 e. The van der Waals surface area contributed by atoms with Gasteiger partial charge >= 0.3 is 0 Å². The van der Waals surface area contributed by atoms with E-state index in [9.17, 15) is 4.79 Å². The molecular formula is C10H16N4O2S. The molecule has 7 heteroatoms. The van der Waals surface area contributed by atoms with E-state index < -0.39 is 5.92 Å². The number of carbonyl (C=O) groups excluding carboxylic acids is 1. The van der Waals surface area contributed by atoms with Gasteiger partial charge in [0.2, 0.25) is 5.91 Å². The molecule has 0 radical (unpaired) electrons. The number of aromatic nitrogens is 2. The zero-order valence-electron chi connectivity index (χ0n) is 9.84. The molecule has 0 fully saturated rings. The molecule has 17 heavy (non-hydrogen) atoms. The van der Waals surface area contributed by atoms with Crippen molar-refractivity contribution in [1.82, 2.24) is 9.78 Å². The van der Waals surface area contributed by atoms with E-state index in [1.54, 1.807) is 31.1 Å². The third-order valence-electron chi connectivity index (χ3n) is 2.25. The van der Waals surface area contributed by atoms with Gasteiger partial charge in [0.1, 0.15) is 0 Å². The lowest BCUT2D eigenvalue weighted by molar-refractivity contribution is -0.117. The van der Waals surface area contributed by atoms with Crippen molar-refractivity contribution in [2.24, 2.45) is 11.7 Å². The number of rotatable bonds is 6. The highest BCUT2D eigenvalue weighted by atomic mass is 32.1. The molecule has 94 valence electrons. The van der Waals surface area contributed by atoms with E-state index in [2.05, 4.69) is 10.4 Å². The monoisotopic (exact) mass is 256 g/mol. The molecule has 1 amide bonds. The highest BCUT2D eigenvalue weighted by molar-refractivity contribution is 7.80. The molecule has 0 saturated carbocycles. The van der Waals surface area contributed by atoms with Crippen LogP contribution in [0.3, 0.4) is 0 Å². The molecule has 1 atom stereocenters. The summed E-state index contributed by atoms with van der Waals surface area (Å²) in [6.07, 6.45) is 3.29. The van der Waals surface area contributed by atoms with Crippen LogP contribution in [0.4, 0.5) is 5.69 Å². The molecule has 0 aromatic carbocycles. The molecular weight excluding hydrogens is 240 g/mol. The summed E-state index contributed by atoms with van der Waals surface area (Å²) in [5.41, 5.74) is 6.01. The molecule has 3 N–H and O–H groups in total. The predicted molar refractivity (Wildman–Crippen MR) is 68.7 cm³/mol. The zero-order valence-corrected chi connectivity index (χ0v) is 10.7. The SMILES string of the molecule is COCCn1cc(NC(=O)C(C)C(N)=S)cn1. The fourth-order valence-corrected chi connectivity index (χ4v) is 1.22. The maximum Gasteiger partial charge on any atom is 0.234 e. The van der Waals surface area contributed by atoms with Crippen LogP contribution in [0.5, 0.6) is 0 Å². The Labute approximate surface area is 105 Å². The van der Waals surface area contributed by atoms with Crippen molar-refractivity contribution in [3.05, 3.63) is 12.4 Å². The second kappa shape index (κ2) is 6.31. The van der Waals surface area contributed by atoms with Crippen LogP contribution in [-0.4, -0.2) is 34.4 Å². The molecule has 0 spiro atoms. The molecule has 1 heterocycles. The van der Waals surface area contributed by atoms with Gasteiger partial charge < -0.3 is 15.8 Å². The first kappa shape index (κ1) is 13.6. The molecule has 1 rings (SSSR count). The van der Waals surface area contributed by atoms with E-state index >= 15 is 0 Å². The summed E-state index contributed by atoms with van der Waals surface area (Å²) in [5.74, 6) is -0.726. The van der Waals surface area contributed by atoms with Gasteiger partial charge in [0.05, 0.1) is 35.9 Å². The first-order valence-corrected chi connectivity index (χ1v) is 5.57. The number of anilines is 1. The van der Waals surface area contributed by atoms with Crippen LogP contribution in [0, 0.1) is 5.92 Å². The smallest absolute Gasteiger partial charge is 0.234 e. The number of amides is 1. The van der Waals surface area contributed by atoms with Crippen LogP contribution in [0.15, 0.2) is 12.4 Å². The van der Waals surface area contributed by atoms with Crippen LogP contribution in [-0.2, 0) is 16.1 Å². The van der Waals surface area contributed by atoms with Crippen LogP contribution < -0.4 is 11.1 Å². The molecule has 0 saturated heterocycles. The Morgan fingerprint density at radius 2 is 2.47 bits per heavy atom. The van der Waals surface area contributed by atoms with Crippen molar-refractivity contribution in [1.29, 1.82) is 0 Å². The van der Waals surface area contributed by atoms with E-state index in [0.717, 1.165) is 0 Å². The van der Waals surface area contributed by atoms with E-state index in [0.29, 0.717) is 18.8 Å². The van der Waals surface area contributed by atoms with Gasteiger partial charge in [0, 0.05) is 13.3 Å². The topological polar surface area (TPSA) is 82.2 Å². The Bertz CT molecular complexity index is 405. The number of nitrogens with two attached hydrogens (primary N) is 1. The third-order valence-corrected chi connectivity index (χ3v) is 2.60. The van der Waals surface area contributed by atoms with Gasteiger partial charge in [-0.25, -0.2) is 0 Å². The number of ether oxygens (including phenoxy) is 1. The third kappa shape index (κ3) is 4.12. The Hall–Kier alpha value is -1.47. The standard InChI is InChI=1S/C10H16N4O2S/c1-7(9(11)17)10(15)13-8-5-12-14(6-8)3-4-16-2/h5-7H,3-4H2,1-2H3,(H2,11,17)(H,13,15). The first-order valence-electron chi connectivity index (χ1n) is 5.16. The number of thiocarbonyl (C=S) groups is 1. The van der Waals surface area contributed by atoms with Crippen LogP contribution in [0.1, 0.15) is 6.92 Å². The number of hydrogen-bond donors (Lipinski definition) is 2. The van der Waals surface area contributed by atoms with Crippen LogP contribution in [0.2, 0.25) is 0 Å². The Kier molecular flexibility index (Phi) is 5.05. The highest BCUT2D eigenvalue weighted by Gasteiger charge is 2.15. The lowest BCUT2D eigenvalue weighted by Gasteiger charge is -2.08. The quantitative estimate of drug-likeness (QED) is 0.720. The summed E-state index contributed by atoms with van der Waals surface area (Å²) in [6, 6.07) is 0. The van der Waals surface area contributed by atoms with E-state index in [1.807, 2.05) is 0 Å². The summed E-state index contributed by atoms with van der Waals surface area (Å²) in [6.45, 7) is 2.86. The summed E-state index contributed by atoms with van der Waals surface area (Å²) < 4.78 is 6.61. The van der Waals surface area contributed by atoms with Gasteiger partial charge in [-0.3, -0.25) is 9.48 Å². The average Bonchev–Trinajstić information content (AvgIpc) is 2.72. The van der Waals surface area contributed by atoms with Crippen molar-refractivity contribution in [3.63, 3.8) is 0 Å². The maximum atomic E-state index is 11.6. The van der Waals surface area contributed by atoms with Crippen molar-refractivity contribution in [2.75, 3.05) is 19.0 Å². The molecule has 1 aromatic rings. The second-order valence-corrected chi connectivity index (χ2v) is 4.07. The van der Waals surface area contributed by atoms with Gasteiger partial charge in [-0.2, -0.15) is 5.10 Å². The molecule has 0 bridgehead atoms. The van der Waals surface area contributed by atoms with Gasteiger partial charge in [-0.05, 0) is 6.92 Å². The van der Waals surface area contributed by atoms with E-state index in [-0.39, 0.29) is 10.9 Å². The molecule has 0 aliphatic carbocycles. The van der Waals surface area contributed by atoms with Gasteiger partial charge in [-0.15, -0.1) is 0 Å². The Balaban J connectivity index is 2.54.